The normalized spacial score (nSPS) is 15.2. The van der Waals surface area contributed by atoms with Crippen LogP contribution in [0.3, 0.4) is 0 Å². The van der Waals surface area contributed by atoms with E-state index in [0.29, 0.717) is 0 Å². The van der Waals surface area contributed by atoms with Crippen LogP contribution in [-0.2, 0) is 12.8 Å². The number of fused-ring (bicyclic) bond motifs is 1. The molecule has 2 N–H and O–H groups in total. The highest BCUT2D eigenvalue weighted by molar-refractivity contribution is 5.65. The Morgan fingerprint density at radius 1 is 1.31 bits per heavy atom. The van der Waals surface area contributed by atoms with Gasteiger partial charge in [-0.1, -0.05) is 24.3 Å². The number of unbranched alkanes of at least 4 members (excludes halogenated alkanes) is 1. The van der Waals surface area contributed by atoms with Crippen molar-refractivity contribution < 1.29 is 0 Å². The van der Waals surface area contributed by atoms with Gasteiger partial charge in [0.25, 0.3) is 0 Å². The second-order valence-electron chi connectivity index (χ2n) is 4.66. The van der Waals surface area contributed by atoms with Crippen LogP contribution in [0.15, 0.2) is 24.3 Å². The molecule has 0 heterocycles. The quantitative estimate of drug-likeness (QED) is 0.766. The molecule has 0 unspecified atom stereocenters. The van der Waals surface area contributed by atoms with E-state index in [0.717, 1.165) is 19.4 Å². The van der Waals surface area contributed by atoms with E-state index >= 15 is 0 Å². The Kier molecular flexibility index (Phi) is 3.79. The van der Waals surface area contributed by atoms with Crippen LogP contribution in [0.4, 0.5) is 0 Å². The van der Waals surface area contributed by atoms with Gasteiger partial charge in [-0.25, -0.2) is 0 Å². The van der Waals surface area contributed by atoms with E-state index < -0.39 is 0 Å². The summed E-state index contributed by atoms with van der Waals surface area (Å²) < 4.78 is 0. The van der Waals surface area contributed by atoms with E-state index in [9.17, 15) is 0 Å². The van der Waals surface area contributed by atoms with E-state index in [1.807, 2.05) is 0 Å². The number of hydrogen-bond acceptors (Lipinski definition) is 1. The molecule has 1 aromatic carbocycles. The molecule has 0 aromatic heterocycles. The van der Waals surface area contributed by atoms with Gasteiger partial charge < -0.3 is 5.73 Å². The average Bonchev–Trinajstić information content (AvgIpc) is 2.76. The fraction of sp³-hybridized carbons (Fsp3) is 0.467. The zero-order chi connectivity index (χ0) is 11.4. The Bertz CT molecular complexity index is 390. The van der Waals surface area contributed by atoms with Crippen LogP contribution in [0.2, 0.25) is 0 Å². The molecule has 0 fully saturated rings. The topological polar surface area (TPSA) is 26.0 Å². The summed E-state index contributed by atoms with van der Waals surface area (Å²) in [6.45, 7) is 2.99. The van der Waals surface area contributed by atoms with Gasteiger partial charge >= 0.3 is 0 Å². The molecule has 1 heteroatoms. The molecule has 1 aliphatic carbocycles. The molecule has 0 aliphatic heterocycles. The predicted molar refractivity (Wildman–Crippen MR) is 70.4 cm³/mol. The first-order valence-corrected chi connectivity index (χ1v) is 6.30. The van der Waals surface area contributed by atoms with Crippen LogP contribution < -0.4 is 5.73 Å². The Hall–Kier alpha value is -1.08. The fourth-order valence-electron chi connectivity index (χ4n) is 2.37. The van der Waals surface area contributed by atoms with Crippen molar-refractivity contribution in [2.75, 3.05) is 6.54 Å². The zero-order valence-corrected chi connectivity index (χ0v) is 10.1. The molecule has 0 atom stereocenters. The number of benzene rings is 1. The molecule has 0 spiro atoms. The van der Waals surface area contributed by atoms with Crippen molar-refractivity contribution in [3.63, 3.8) is 0 Å². The third-order valence-electron chi connectivity index (χ3n) is 3.41. The van der Waals surface area contributed by atoms with Gasteiger partial charge in [0.1, 0.15) is 0 Å². The highest BCUT2D eigenvalue weighted by atomic mass is 14.5. The molecular weight excluding hydrogens is 194 g/mol. The van der Waals surface area contributed by atoms with Gasteiger partial charge in [0.2, 0.25) is 0 Å². The van der Waals surface area contributed by atoms with Crippen molar-refractivity contribution >= 4 is 5.57 Å². The molecule has 16 heavy (non-hydrogen) atoms. The molecule has 1 aliphatic rings. The third-order valence-corrected chi connectivity index (χ3v) is 3.41. The lowest BCUT2D eigenvalue weighted by molar-refractivity contribution is 0.855. The molecule has 1 nitrogen and oxygen atoms in total. The highest BCUT2D eigenvalue weighted by Crippen LogP contribution is 2.25. The lowest BCUT2D eigenvalue weighted by Gasteiger charge is -2.05. The van der Waals surface area contributed by atoms with Crippen molar-refractivity contribution in [1.29, 1.82) is 0 Å². The summed E-state index contributed by atoms with van der Waals surface area (Å²) in [6, 6.07) is 6.94. The van der Waals surface area contributed by atoms with E-state index in [2.05, 4.69) is 31.2 Å². The van der Waals surface area contributed by atoms with Gasteiger partial charge in [-0.05, 0) is 67.8 Å². The molecule has 0 amide bonds. The van der Waals surface area contributed by atoms with Crippen LogP contribution in [0.25, 0.3) is 5.57 Å². The number of aryl methyl sites for hydroxylation is 2. The largest absolute Gasteiger partial charge is 0.330 e. The third kappa shape index (κ3) is 2.53. The van der Waals surface area contributed by atoms with Crippen LogP contribution in [0.5, 0.6) is 0 Å². The van der Waals surface area contributed by atoms with Crippen molar-refractivity contribution in [3.8, 4) is 0 Å². The molecule has 86 valence electrons. The zero-order valence-electron chi connectivity index (χ0n) is 10.1. The minimum absolute atomic E-state index is 0.786. The maximum atomic E-state index is 5.50. The second kappa shape index (κ2) is 5.31. The van der Waals surface area contributed by atoms with Crippen molar-refractivity contribution in [3.05, 3.63) is 41.0 Å². The van der Waals surface area contributed by atoms with E-state index in [-0.39, 0.29) is 0 Å². The van der Waals surface area contributed by atoms with Gasteiger partial charge in [-0.15, -0.1) is 0 Å². The standard InChI is InChI=1S/C15H21N/c1-12(5-2-3-10-16)14-9-8-13-6-4-7-15(13)11-14/h5,8-9,11H,2-4,6-7,10,16H2,1H3/b12-5+. The van der Waals surface area contributed by atoms with Gasteiger partial charge in [0, 0.05) is 0 Å². The average molecular weight is 215 g/mol. The van der Waals surface area contributed by atoms with Crippen LogP contribution >= 0.6 is 0 Å². The van der Waals surface area contributed by atoms with Crippen molar-refractivity contribution in [2.45, 2.75) is 39.0 Å². The molecule has 0 bridgehead atoms. The molecular formula is C15H21N. The lowest BCUT2D eigenvalue weighted by Crippen LogP contribution is -1.96. The highest BCUT2D eigenvalue weighted by Gasteiger charge is 2.10. The summed E-state index contributed by atoms with van der Waals surface area (Å²) in [4.78, 5) is 0. The van der Waals surface area contributed by atoms with Gasteiger partial charge in [-0.2, -0.15) is 0 Å². The van der Waals surface area contributed by atoms with Gasteiger partial charge in [0.05, 0.1) is 0 Å². The monoisotopic (exact) mass is 215 g/mol. The summed E-state index contributed by atoms with van der Waals surface area (Å²) in [7, 11) is 0. The summed E-state index contributed by atoms with van der Waals surface area (Å²) in [5, 5.41) is 0. The first kappa shape index (κ1) is 11.4. The summed E-state index contributed by atoms with van der Waals surface area (Å²) in [6.07, 6.45) is 8.35. The molecule has 0 saturated carbocycles. The van der Waals surface area contributed by atoms with Crippen molar-refractivity contribution in [2.24, 2.45) is 5.73 Å². The SMILES string of the molecule is C/C(=C\CCCN)c1ccc2c(c1)CCC2. The fourth-order valence-corrected chi connectivity index (χ4v) is 2.37. The minimum atomic E-state index is 0.786. The smallest absolute Gasteiger partial charge is 0.00743 e. The Morgan fingerprint density at radius 2 is 2.12 bits per heavy atom. The first-order valence-electron chi connectivity index (χ1n) is 6.30. The second-order valence-corrected chi connectivity index (χ2v) is 4.66. The minimum Gasteiger partial charge on any atom is -0.330 e. The summed E-state index contributed by atoms with van der Waals surface area (Å²) in [5.41, 5.74) is 11.4. The molecule has 0 saturated heterocycles. The molecule has 2 rings (SSSR count). The van der Waals surface area contributed by atoms with Gasteiger partial charge in [-0.3, -0.25) is 0 Å². The van der Waals surface area contributed by atoms with E-state index in [1.54, 1.807) is 11.1 Å². The Balaban J connectivity index is 2.11. The van der Waals surface area contributed by atoms with E-state index in [4.69, 9.17) is 5.73 Å². The van der Waals surface area contributed by atoms with Crippen LogP contribution in [-0.4, -0.2) is 6.54 Å². The number of rotatable bonds is 4. The number of hydrogen-bond donors (Lipinski definition) is 1. The molecule has 0 radical (unpaired) electrons. The summed E-state index contributed by atoms with van der Waals surface area (Å²) >= 11 is 0. The number of allylic oxidation sites excluding steroid dienone is 2. The maximum absolute atomic E-state index is 5.50. The first-order chi connectivity index (χ1) is 7.81. The van der Waals surface area contributed by atoms with Gasteiger partial charge in [0.15, 0.2) is 0 Å². The predicted octanol–water partition coefficient (Wildman–Crippen LogP) is 3.32. The Morgan fingerprint density at radius 3 is 2.94 bits per heavy atom. The summed E-state index contributed by atoms with van der Waals surface area (Å²) in [5.74, 6) is 0. The molecule has 1 aromatic rings. The lowest BCUT2D eigenvalue weighted by atomic mass is 10.0. The maximum Gasteiger partial charge on any atom is -0.00743 e. The van der Waals surface area contributed by atoms with Crippen LogP contribution in [0.1, 0.15) is 42.9 Å². The number of nitrogens with two attached hydrogens (primary N) is 1. The Labute approximate surface area is 98.4 Å². The van der Waals surface area contributed by atoms with E-state index in [1.165, 1.54) is 30.4 Å². The van der Waals surface area contributed by atoms with Crippen LogP contribution in [0, 0.1) is 0 Å². The van der Waals surface area contributed by atoms with Crippen molar-refractivity contribution in [1.82, 2.24) is 0 Å².